The molecule has 0 saturated carbocycles. The number of benzene rings is 11. The van der Waals surface area contributed by atoms with Crippen molar-refractivity contribution in [3.8, 4) is 77.9 Å². The Labute approximate surface area is 325 Å². The summed E-state index contributed by atoms with van der Waals surface area (Å²) in [4.78, 5) is 0. The molecule has 12 rings (SSSR count). The van der Waals surface area contributed by atoms with Gasteiger partial charge in [-0.15, -0.1) is 0 Å². The average Bonchev–Trinajstić information content (AvgIpc) is 3.60. The number of hydrogen-bond donors (Lipinski definition) is 0. The highest BCUT2D eigenvalue weighted by atomic mass is 14.3. The van der Waals surface area contributed by atoms with Gasteiger partial charge >= 0.3 is 0 Å². The second-order valence-electron chi connectivity index (χ2n) is 15.2. The summed E-state index contributed by atoms with van der Waals surface area (Å²) in [6.07, 6.45) is 0. The van der Waals surface area contributed by atoms with Gasteiger partial charge in [-0.2, -0.15) is 0 Å². The first-order chi connectivity index (χ1) is 27.7. The van der Waals surface area contributed by atoms with Gasteiger partial charge < -0.3 is 0 Å². The van der Waals surface area contributed by atoms with Crippen molar-refractivity contribution in [2.75, 3.05) is 0 Å². The molecule has 0 N–H and O–H groups in total. The van der Waals surface area contributed by atoms with Crippen LogP contribution in [0.5, 0.6) is 0 Å². The predicted molar refractivity (Wildman–Crippen MR) is 239 cm³/mol. The quantitative estimate of drug-likeness (QED) is 0.156. The zero-order chi connectivity index (χ0) is 36.7. The molecule has 0 bridgehead atoms. The summed E-state index contributed by atoms with van der Waals surface area (Å²) in [7, 11) is 0. The van der Waals surface area contributed by atoms with E-state index in [0.717, 1.165) is 0 Å². The summed E-state index contributed by atoms with van der Waals surface area (Å²) in [5, 5.41) is 10.5. The molecule has 0 fully saturated rings. The summed E-state index contributed by atoms with van der Waals surface area (Å²) in [6, 6.07) is 76.6. The van der Waals surface area contributed by atoms with E-state index >= 15 is 0 Å². The van der Waals surface area contributed by atoms with Crippen LogP contribution in [0, 0.1) is 0 Å². The molecule has 0 unspecified atom stereocenters. The van der Waals surface area contributed by atoms with E-state index in [1.54, 1.807) is 0 Å². The molecule has 11 aromatic rings. The molecular formula is C56H34. The Balaban J connectivity index is 1.00. The van der Waals surface area contributed by atoms with Crippen LogP contribution in [0.25, 0.3) is 121 Å². The first-order valence-corrected chi connectivity index (χ1v) is 19.5. The standard InChI is InChI=1S/C56H34/c1-2-10-35(11-3-1)43-32-44(39-14-7-16-41(30-39)46-26-24-38-23-22-36-12-6-13-37-25-27-52(46)55(38)54(36)37)34-45(33-43)40-15-8-17-42(31-40)47-28-29-53-49-19-5-4-18-48(49)51-21-9-20-50(47)56(51)53/h1-34H. The average molecular weight is 707 g/mol. The zero-order valence-corrected chi connectivity index (χ0v) is 30.6. The van der Waals surface area contributed by atoms with Crippen LogP contribution in [-0.2, 0) is 0 Å². The van der Waals surface area contributed by atoms with Gasteiger partial charge in [-0.1, -0.05) is 176 Å². The maximum atomic E-state index is 2.38. The molecule has 11 aromatic carbocycles. The van der Waals surface area contributed by atoms with Gasteiger partial charge in [-0.25, -0.2) is 0 Å². The summed E-state index contributed by atoms with van der Waals surface area (Å²) >= 11 is 0. The third kappa shape index (κ3) is 4.73. The van der Waals surface area contributed by atoms with Gasteiger partial charge in [-0.3, -0.25) is 0 Å². The number of hydrogen-bond acceptors (Lipinski definition) is 0. The molecule has 0 heteroatoms. The topological polar surface area (TPSA) is 0 Å². The largest absolute Gasteiger partial charge is 0.0622 e. The summed E-state index contributed by atoms with van der Waals surface area (Å²) < 4.78 is 0. The van der Waals surface area contributed by atoms with Gasteiger partial charge in [0.15, 0.2) is 0 Å². The minimum atomic E-state index is 1.20. The van der Waals surface area contributed by atoms with E-state index in [4.69, 9.17) is 0 Å². The maximum Gasteiger partial charge on any atom is -0.00201 e. The molecule has 1 aliphatic rings. The Morgan fingerprint density at radius 1 is 0.179 bits per heavy atom. The van der Waals surface area contributed by atoms with Gasteiger partial charge in [0.1, 0.15) is 0 Å². The number of rotatable bonds is 5. The van der Waals surface area contributed by atoms with Crippen LogP contribution in [0.15, 0.2) is 206 Å². The first kappa shape index (κ1) is 31.1. The van der Waals surface area contributed by atoms with E-state index in [2.05, 4.69) is 206 Å². The van der Waals surface area contributed by atoms with Gasteiger partial charge in [0, 0.05) is 0 Å². The highest BCUT2D eigenvalue weighted by Gasteiger charge is 2.22. The molecule has 0 radical (unpaired) electrons. The maximum absolute atomic E-state index is 2.38. The van der Waals surface area contributed by atoms with Crippen molar-refractivity contribution in [1.82, 2.24) is 0 Å². The zero-order valence-electron chi connectivity index (χ0n) is 30.6. The number of fused-ring (bicyclic) bond motifs is 3. The molecule has 0 aromatic heterocycles. The molecule has 56 heavy (non-hydrogen) atoms. The first-order valence-electron chi connectivity index (χ1n) is 19.5. The fourth-order valence-corrected chi connectivity index (χ4v) is 9.54. The fraction of sp³-hybridized carbons (Fsp3) is 0. The lowest BCUT2D eigenvalue weighted by Crippen LogP contribution is -1.89. The van der Waals surface area contributed by atoms with Crippen molar-refractivity contribution < 1.29 is 0 Å². The lowest BCUT2D eigenvalue weighted by atomic mass is 9.88. The van der Waals surface area contributed by atoms with Crippen LogP contribution in [0.4, 0.5) is 0 Å². The van der Waals surface area contributed by atoms with Crippen molar-refractivity contribution in [3.63, 3.8) is 0 Å². The molecule has 0 heterocycles. The Morgan fingerprint density at radius 3 is 1.27 bits per heavy atom. The molecule has 0 amide bonds. The Morgan fingerprint density at radius 2 is 0.589 bits per heavy atom. The molecular weight excluding hydrogens is 673 g/mol. The molecule has 0 saturated heterocycles. The van der Waals surface area contributed by atoms with Crippen LogP contribution < -0.4 is 0 Å². The minimum Gasteiger partial charge on any atom is -0.0622 e. The van der Waals surface area contributed by atoms with Crippen LogP contribution in [-0.4, -0.2) is 0 Å². The third-order valence-electron chi connectivity index (χ3n) is 12.1. The fourth-order valence-electron chi connectivity index (χ4n) is 9.54. The third-order valence-corrected chi connectivity index (χ3v) is 12.1. The molecule has 0 spiro atoms. The molecule has 258 valence electrons. The van der Waals surface area contributed by atoms with Gasteiger partial charge in [0.25, 0.3) is 0 Å². The van der Waals surface area contributed by atoms with E-state index in [9.17, 15) is 0 Å². The summed E-state index contributed by atoms with van der Waals surface area (Å²) in [6.45, 7) is 0. The SMILES string of the molecule is c1ccc(-c2cc(-c3cccc(-c4ccc5c6c(cccc46)-c4ccccc4-5)c3)cc(-c3cccc(-c4ccc5ccc6cccc7ccc4c5c67)c3)c2)cc1. The molecule has 1 aliphatic carbocycles. The second-order valence-corrected chi connectivity index (χ2v) is 15.2. The summed E-state index contributed by atoms with van der Waals surface area (Å²) in [5.41, 5.74) is 17.5. The second kappa shape index (κ2) is 12.1. The Kier molecular flexibility index (Phi) is 6.73. The van der Waals surface area contributed by atoms with Crippen LogP contribution >= 0.6 is 0 Å². The van der Waals surface area contributed by atoms with Gasteiger partial charge in [0.2, 0.25) is 0 Å². The smallest absolute Gasteiger partial charge is 0.00201 e. The van der Waals surface area contributed by atoms with E-state index in [-0.39, 0.29) is 0 Å². The Hall–Kier alpha value is -7.28. The normalized spacial score (nSPS) is 11.9. The minimum absolute atomic E-state index is 1.20. The Bertz CT molecular complexity index is 3300. The van der Waals surface area contributed by atoms with Crippen molar-refractivity contribution in [2.24, 2.45) is 0 Å². The predicted octanol–water partition coefficient (Wildman–Crippen LogP) is 15.7. The monoisotopic (exact) mass is 706 g/mol. The van der Waals surface area contributed by atoms with Gasteiger partial charge in [-0.05, 0) is 151 Å². The highest BCUT2D eigenvalue weighted by molar-refractivity contribution is 6.25. The molecule has 0 aliphatic heterocycles. The summed E-state index contributed by atoms with van der Waals surface area (Å²) in [5.74, 6) is 0. The van der Waals surface area contributed by atoms with Crippen molar-refractivity contribution >= 4 is 43.1 Å². The lowest BCUT2D eigenvalue weighted by Gasteiger charge is -2.16. The van der Waals surface area contributed by atoms with Crippen LogP contribution in [0.2, 0.25) is 0 Å². The molecule has 0 atom stereocenters. The van der Waals surface area contributed by atoms with E-state index in [0.29, 0.717) is 0 Å². The van der Waals surface area contributed by atoms with Crippen molar-refractivity contribution in [3.05, 3.63) is 206 Å². The lowest BCUT2D eigenvalue weighted by molar-refractivity contribution is 1.56. The van der Waals surface area contributed by atoms with Crippen molar-refractivity contribution in [1.29, 1.82) is 0 Å². The van der Waals surface area contributed by atoms with Crippen LogP contribution in [0.1, 0.15) is 0 Å². The highest BCUT2D eigenvalue weighted by Crippen LogP contribution is 2.49. The van der Waals surface area contributed by atoms with E-state index in [1.807, 2.05) is 0 Å². The molecule has 0 nitrogen and oxygen atoms in total. The van der Waals surface area contributed by atoms with E-state index < -0.39 is 0 Å². The van der Waals surface area contributed by atoms with E-state index in [1.165, 1.54) is 121 Å². The van der Waals surface area contributed by atoms with Crippen LogP contribution in [0.3, 0.4) is 0 Å². The van der Waals surface area contributed by atoms with Crippen molar-refractivity contribution in [2.45, 2.75) is 0 Å². The van der Waals surface area contributed by atoms with Gasteiger partial charge in [0.05, 0.1) is 0 Å².